The Balaban J connectivity index is 1.37. The van der Waals surface area contributed by atoms with Crippen LogP contribution in [0.5, 0.6) is 5.75 Å². The molecule has 31 heavy (non-hydrogen) atoms. The Morgan fingerprint density at radius 2 is 2.13 bits per heavy atom. The second-order valence-electron chi connectivity index (χ2n) is 7.45. The number of fused-ring (bicyclic) bond motifs is 2. The highest BCUT2D eigenvalue weighted by atomic mass is 32.2. The van der Waals surface area contributed by atoms with E-state index in [1.54, 1.807) is 12.3 Å². The molecule has 0 saturated carbocycles. The maximum Gasteiger partial charge on any atom is 0.332 e. The van der Waals surface area contributed by atoms with Crippen molar-refractivity contribution in [3.63, 3.8) is 0 Å². The normalized spacial score (nSPS) is 18.4. The number of H-pyrrole nitrogens is 1. The number of nitrogens with one attached hydrogen (secondary N) is 1. The van der Waals surface area contributed by atoms with Gasteiger partial charge in [-0.25, -0.2) is 9.18 Å². The van der Waals surface area contributed by atoms with Gasteiger partial charge in [0.25, 0.3) is 0 Å². The highest BCUT2D eigenvalue weighted by molar-refractivity contribution is 8.14. The lowest BCUT2D eigenvalue weighted by Gasteiger charge is -2.19. The Bertz CT molecular complexity index is 1330. The van der Waals surface area contributed by atoms with Gasteiger partial charge >= 0.3 is 5.97 Å². The van der Waals surface area contributed by atoms with E-state index in [0.717, 1.165) is 16.3 Å². The number of nitrogens with zero attached hydrogens (tertiary/aromatic N) is 2. The van der Waals surface area contributed by atoms with Crippen LogP contribution in [0, 0.1) is 5.82 Å². The second kappa shape index (κ2) is 7.70. The number of aliphatic imine (C=N–C) groups is 1. The molecule has 0 radical (unpaired) electrons. The average Bonchev–Trinajstić information content (AvgIpc) is 3.36. The third-order valence-corrected chi connectivity index (χ3v) is 6.46. The van der Waals surface area contributed by atoms with Crippen molar-refractivity contribution in [1.82, 2.24) is 9.97 Å². The highest BCUT2D eigenvalue weighted by Crippen LogP contribution is 2.33. The van der Waals surface area contributed by atoms with Crippen molar-refractivity contribution >= 4 is 44.6 Å². The quantitative estimate of drug-likeness (QED) is 0.467. The molecule has 0 amide bonds. The summed E-state index contributed by atoms with van der Waals surface area (Å²) in [7, 11) is 0. The predicted molar refractivity (Wildman–Crippen MR) is 119 cm³/mol. The number of rotatable bonds is 6. The number of pyridine rings is 1. The number of carbonyl (C=O) groups is 1. The summed E-state index contributed by atoms with van der Waals surface area (Å²) in [6, 6.07) is 15.7. The number of carboxylic acid groups (broad SMARTS) is 1. The molecule has 5 rings (SSSR count). The van der Waals surface area contributed by atoms with E-state index in [4.69, 9.17) is 4.74 Å². The summed E-state index contributed by atoms with van der Waals surface area (Å²) in [5.41, 5.74) is 0.882. The first-order valence-corrected chi connectivity index (χ1v) is 10.7. The topological polar surface area (TPSA) is 87.6 Å². The van der Waals surface area contributed by atoms with Gasteiger partial charge in [0.2, 0.25) is 0 Å². The van der Waals surface area contributed by atoms with Crippen LogP contribution in [0.15, 0.2) is 65.8 Å². The van der Waals surface area contributed by atoms with Gasteiger partial charge in [0, 0.05) is 35.0 Å². The number of carboxylic acids is 1. The van der Waals surface area contributed by atoms with Crippen molar-refractivity contribution in [1.29, 1.82) is 0 Å². The molecule has 1 unspecified atom stereocenters. The number of halogens is 1. The third-order valence-electron chi connectivity index (χ3n) is 5.29. The lowest BCUT2D eigenvalue weighted by Crippen LogP contribution is -2.39. The molecule has 1 aliphatic heterocycles. The molecule has 1 aliphatic rings. The lowest BCUT2D eigenvalue weighted by atomic mass is 9.96. The Labute approximate surface area is 181 Å². The first-order valence-electron chi connectivity index (χ1n) is 9.71. The van der Waals surface area contributed by atoms with E-state index in [2.05, 4.69) is 15.0 Å². The number of ether oxygens (including phenoxy) is 1. The van der Waals surface area contributed by atoms with Gasteiger partial charge in [-0.2, -0.15) is 0 Å². The molecule has 4 aromatic rings. The average molecular weight is 435 g/mol. The van der Waals surface area contributed by atoms with Crippen LogP contribution in [0.4, 0.5) is 4.39 Å². The van der Waals surface area contributed by atoms with Crippen LogP contribution in [0.1, 0.15) is 5.69 Å². The summed E-state index contributed by atoms with van der Waals surface area (Å²) < 4.78 is 19.4. The van der Waals surface area contributed by atoms with E-state index in [1.807, 2.05) is 36.4 Å². The van der Waals surface area contributed by atoms with Gasteiger partial charge in [-0.05, 0) is 53.9 Å². The van der Waals surface area contributed by atoms with Crippen LogP contribution in [0.25, 0.3) is 21.8 Å². The molecule has 2 aromatic heterocycles. The summed E-state index contributed by atoms with van der Waals surface area (Å²) in [4.78, 5) is 24.1. The minimum Gasteiger partial charge on any atom is -0.486 e. The molecule has 156 valence electrons. The van der Waals surface area contributed by atoms with Crippen molar-refractivity contribution in [2.24, 2.45) is 4.99 Å². The molecule has 2 aromatic carbocycles. The number of hydrogen-bond donors (Lipinski definition) is 2. The van der Waals surface area contributed by atoms with Gasteiger partial charge < -0.3 is 14.8 Å². The maximum atomic E-state index is 13.5. The number of aromatic nitrogens is 2. The van der Waals surface area contributed by atoms with E-state index < -0.39 is 11.5 Å². The smallest absolute Gasteiger partial charge is 0.332 e. The van der Waals surface area contributed by atoms with Crippen molar-refractivity contribution in [3.05, 3.63) is 72.3 Å². The number of benzene rings is 2. The minimum absolute atomic E-state index is 0.186. The third kappa shape index (κ3) is 3.74. The second-order valence-corrected chi connectivity index (χ2v) is 8.50. The van der Waals surface area contributed by atoms with Gasteiger partial charge in [0.15, 0.2) is 5.54 Å². The molecule has 0 bridgehead atoms. The molecular formula is C23H18FN3O3S. The standard InChI is InChI=1S/C23H18FN3O3S/c24-15-7-6-14-9-16(26-19(14)10-15)11-23(22(28)29)13-31-21(27-23)12-30-20-5-1-4-18-17(20)3-2-8-25-18/h1-10,26H,11-13H2,(H,28,29). The maximum absolute atomic E-state index is 13.5. The fourth-order valence-electron chi connectivity index (χ4n) is 3.77. The first-order chi connectivity index (χ1) is 15.0. The van der Waals surface area contributed by atoms with E-state index in [0.29, 0.717) is 27.8 Å². The van der Waals surface area contributed by atoms with Gasteiger partial charge in [0.1, 0.15) is 23.2 Å². The Kier molecular flexibility index (Phi) is 4.86. The fourth-order valence-corrected chi connectivity index (χ4v) is 4.84. The summed E-state index contributed by atoms with van der Waals surface area (Å²) >= 11 is 1.39. The molecule has 2 N–H and O–H groups in total. The van der Waals surface area contributed by atoms with Crippen LogP contribution >= 0.6 is 11.8 Å². The van der Waals surface area contributed by atoms with Gasteiger partial charge in [-0.3, -0.25) is 9.98 Å². The zero-order valence-electron chi connectivity index (χ0n) is 16.3. The summed E-state index contributed by atoms with van der Waals surface area (Å²) in [5.74, 6) is -0.345. The summed E-state index contributed by atoms with van der Waals surface area (Å²) in [6.07, 6.45) is 1.91. The van der Waals surface area contributed by atoms with Crippen molar-refractivity contribution in [3.8, 4) is 5.75 Å². The predicted octanol–water partition coefficient (Wildman–Crippen LogP) is 4.45. The zero-order chi connectivity index (χ0) is 21.4. The molecule has 6 nitrogen and oxygen atoms in total. The number of hydrogen-bond acceptors (Lipinski definition) is 5. The molecular weight excluding hydrogens is 417 g/mol. The van der Waals surface area contributed by atoms with Gasteiger partial charge in [-0.15, -0.1) is 11.8 Å². The lowest BCUT2D eigenvalue weighted by molar-refractivity contribution is -0.142. The molecule has 1 atom stereocenters. The Hall–Kier alpha value is -3.39. The molecule has 0 fully saturated rings. The number of aliphatic carboxylic acids is 1. The molecule has 0 aliphatic carbocycles. The summed E-state index contributed by atoms with van der Waals surface area (Å²) in [6.45, 7) is 0.186. The molecule has 8 heteroatoms. The molecule has 0 spiro atoms. The van der Waals surface area contributed by atoms with Crippen molar-refractivity contribution in [2.75, 3.05) is 12.4 Å². The van der Waals surface area contributed by atoms with E-state index in [-0.39, 0.29) is 18.8 Å². The van der Waals surface area contributed by atoms with E-state index in [9.17, 15) is 14.3 Å². The fraction of sp³-hybridized carbons (Fsp3) is 0.174. The van der Waals surface area contributed by atoms with Crippen LogP contribution in [-0.4, -0.2) is 44.0 Å². The Morgan fingerprint density at radius 1 is 1.23 bits per heavy atom. The number of thioether (sulfide) groups is 1. The first kappa shape index (κ1) is 19.6. The monoisotopic (exact) mass is 435 g/mol. The SMILES string of the molecule is O=C(O)C1(Cc2cc3ccc(F)cc3[nH]2)CSC(COc2cccc3ncccc23)=N1. The van der Waals surface area contributed by atoms with Crippen LogP contribution in [0.2, 0.25) is 0 Å². The van der Waals surface area contributed by atoms with Crippen LogP contribution < -0.4 is 4.74 Å². The van der Waals surface area contributed by atoms with Crippen molar-refractivity contribution in [2.45, 2.75) is 12.0 Å². The molecule has 0 saturated heterocycles. The zero-order valence-corrected chi connectivity index (χ0v) is 17.2. The van der Waals surface area contributed by atoms with Gasteiger partial charge in [0.05, 0.1) is 5.52 Å². The minimum atomic E-state index is -1.29. The Morgan fingerprint density at radius 3 is 3.00 bits per heavy atom. The summed E-state index contributed by atoms with van der Waals surface area (Å²) in [5, 5.41) is 12.3. The van der Waals surface area contributed by atoms with Gasteiger partial charge in [-0.1, -0.05) is 6.07 Å². The largest absolute Gasteiger partial charge is 0.486 e. The van der Waals surface area contributed by atoms with Crippen molar-refractivity contribution < 1.29 is 19.0 Å². The molecule has 3 heterocycles. The van der Waals surface area contributed by atoms with Crippen LogP contribution in [0.3, 0.4) is 0 Å². The highest BCUT2D eigenvalue weighted by Gasteiger charge is 2.43. The van der Waals surface area contributed by atoms with Crippen LogP contribution in [-0.2, 0) is 11.2 Å². The van der Waals surface area contributed by atoms with E-state index in [1.165, 1.54) is 23.9 Å². The number of aromatic amines is 1. The van der Waals surface area contributed by atoms with E-state index >= 15 is 0 Å².